The second-order valence-corrected chi connectivity index (χ2v) is 10.1. The Morgan fingerprint density at radius 1 is 0.850 bits per heavy atom. The van der Waals surface area contributed by atoms with Gasteiger partial charge in [0, 0.05) is 34.9 Å². The summed E-state index contributed by atoms with van der Waals surface area (Å²) in [6.07, 6.45) is 0.969. The number of anilines is 1. The number of hydrogen-bond donors (Lipinski definition) is 2. The molecule has 0 spiro atoms. The van der Waals surface area contributed by atoms with Crippen LogP contribution in [0.1, 0.15) is 48.3 Å². The Labute approximate surface area is 234 Å². The number of benzene rings is 3. The maximum absolute atomic E-state index is 14.0. The lowest BCUT2D eigenvalue weighted by Crippen LogP contribution is -2.37. The third-order valence-corrected chi connectivity index (χ3v) is 7.81. The van der Waals surface area contributed by atoms with E-state index >= 15 is 0 Å². The molecular formula is C33H34N2O5. The lowest BCUT2D eigenvalue weighted by molar-refractivity contribution is -0.116. The molecular weight excluding hydrogens is 504 g/mol. The van der Waals surface area contributed by atoms with Crippen LogP contribution in [0.15, 0.2) is 89.3 Å². The minimum atomic E-state index is -0.494. The zero-order valence-corrected chi connectivity index (χ0v) is 23.5. The lowest BCUT2D eigenvalue weighted by atomic mass is 9.71. The summed E-state index contributed by atoms with van der Waals surface area (Å²) in [5, 5.41) is 6.48. The second-order valence-electron chi connectivity index (χ2n) is 10.1. The first kappa shape index (κ1) is 27.1. The standard InChI is InChI=1S/C33H34N2O5/c1-19-10-6-7-11-23(19)31-30(33(37)35-24-12-8-9-13-27(24)38-3)20(2)34-25-16-22(17-26(36)32(25)31)21-14-15-28(39-4)29(18-21)40-5/h6-15,18,22,31,34H,16-17H2,1-5H3,(H,35,37)/t22-,31-/m0/s1. The van der Waals surface area contributed by atoms with Gasteiger partial charge in [0.2, 0.25) is 0 Å². The Balaban J connectivity index is 1.56. The van der Waals surface area contributed by atoms with Crippen molar-refractivity contribution >= 4 is 17.4 Å². The number of hydrogen-bond acceptors (Lipinski definition) is 6. The van der Waals surface area contributed by atoms with E-state index in [1.54, 1.807) is 33.5 Å². The first-order chi connectivity index (χ1) is 19.4. The van der Waals surface area contributed by atoms with Gasteiger partial charge < -0.3 is 24.8 Å². The summed E-state index contributed by atoms with van der Waals surface area (Å²) in [4.78, 5) is 27.9. The van der Waals surface area contributed by atoms with Crippen LogP contribution in [-0.2, 0) is 9.59 Å². The number of Topliss-reactive ketones (excluding diaryl/α,β-unsaturated/α-hetero) is 1. The van der Waals surface area contributed by atoms with Crippen LogP contribution in [0.25, 0.3) is 0 Å². The molecule has 1 heterocycles. The molecule has 0 bridgehead atoms. The fraction of sp³-hybridized carbons (Fsp3) is 0.273. The molecule has 2 atom stereocenters. The first-order valence-electron chi connectivity index (χ1n) is 13.3. The van der Waals surface area contributed by atoms with Gasteiger partial charge in [-0.15, -0.1) is 0 Å². The molecule has 0 aromatic heterocycles. The highest BCUT2D eigenvalue weighted by Gasteiger charge is 2.41. The van der Waals surface area contributed by atoms with Gasteiger partial charge in [-0.05, 0) is 67.1 Å². The number of rotatable bonds is 7. The monoisotopic (exact) mass is 538 g/mol. The van der Waals surface area contributed by atoms with E-state index in [0.29, 0.717) is 46.9 Å². The van der Waals surface area contributed by atoms with Crippen molar-refractivity contribution in [1.82, 2.24) is 5.32 Å². The van der Waals surface area contributed by atoms with Crippen LogP contribution in [0.5, 0.6) is 17.2 Å². The zero-order chi connectivity index (χ0) is 28.4. The van der Waals surface area contributed by atoms with E-state index in [0.717, 1.165) is 28.1 Å². The summed E-state index contributed by atoms with van der Waals surface area (Å²) in [6.45, 7) is 3.92. The molecule has 3 aromatic rings. The number of aryl methyl sites for hydroxylation is 1. The van der Waals surface area contributed by atoms with Gasteiger partial charge in [-0.1, -0.05) is 42.5 Å². The number of nitrogens with one attached hydrogen (secondary N) is 2. The van der Waals surface area contributed by atoms with Crippen molar-refractivity contribution in [2.24, 2.45) is 0 Å². The molecule has 1 amide bonds. The molecule has 0 unspecified atom stereocenters. The van der Waals surface area contributed by atoms with Crippen LogP contribution in [0, 0.1) is 6.92 Å². The Morgan fingerprint density at radius 2 is 1.55 bits per heavy atom. The lowest BCUT2D eigenvalue weighted by Gasteiger charge is -2.37. The molecule has 2 N–H and O–H groups in total. The average molecular weight is 539 g/mol. The van der Waals surface area contributed by atoms with Crippen LogP contribution in [-0.4, -0.2) is 33.0 Å². The second kappa shape index (κ2) is 11.3. The highest BCUT2D eigenvalue weighted by molar-refractivity contribution is 6.10. The number of amides is 1. The molecule has 2 aliphatic rings. The van der Waals surface area contributed by atoms with Gasteiger partial charge in [-0.3, -0.25) is 9.59 Å². The summed E-state index contributed by atoms with van der Waals surface area (Å²) in [7, 11) is 4.78. The zero-order valence-electron chi connectivity index (χ0n) is 23.5. The fourth-order valence-electron chi connectivity index (χ4n) is 5.84. The minimum absolute atomic E-state index is 0.0249. The van der Waals surface area contributed by atoms with Crippen molar-refractivity contribution in [2.45, 2.75) is 38.5 Å². The van der Waals surface area contributed by atoms with E-state index in [4.69, 9.17) is 14.2 Å². The number of dihydropyridines is 1. The maximum atomic E-state index is 14.0. The Morgan fingerprint density at radius 3 is 2.27 bits per heavy atom. The molecule has 0 radical (unpaired) electrons. The number of ether oxygens (including phenoxy) is 3. The average Bonchev–Trinajstić information content (AvgIpc) is 2.96. The van der Waals surface area contributed by atoms with E-state index in [1.165, 1.54) is 0 Å². The summed E-state index contributed by atoms with van der Waals surface area (Å²) >= 11 is 0. The third-order valence-electron chi connectivity index (χ3n) is 7.81. The van der Waals surface area contributed by atoms with E-state index in [-0.39, 0.29) is 17.6 Å². The molecule has 3 aromatic carbocycles. The molecule has 7 nitrogen and oxygen atoms in total. The van der Waals surface area contributed by atoms with E-state index in [9.17, 15) is 9.59 Å². The van der Waals surface area contributed by atoms with Crippen molar-refractivity contribution < 1.29 is 23.8 Å². The first-order valence-corrected chi connectivity index (χ1v) is 13.3. The van der Waals surface area contributed by atoms with Gasteiger partial charge >= 0.3 is 0 Å². The van der Waals surface area contributed by atoms with Crippen molar-refractivity contribution in [1.29, 1.82) is 0 Å². The van der Waals surface area contributed by atoms with E-state index < -0.39 is 5.92 Å². The predicted octanol–water partition coefficient (Wildman–Crippen LogP) is 6.02. The van der Waals surface area contributed by atoms with Gasteiger partial charge in [-0.2, -0.15) is 0 Å². The normalized spacial score (nSPS) is 18.6. The van der Waals surface area contributed by atoms with Gasteiger partial charge in [-0.25, -0.2) is 0 Å². The van der Waals surface area contributed by atoms with Gasteiger partial charge in [0.05, 0.1) is 27.0 Å². The van der Waals surface area contributed by atoms with Crippen LogP contribution in [0.4, 0.5) is 5.69 Å². The molecule has 1 aliphatic heterocycles. The van der Waals surface area contributed by atoms with Gasteiger partial charge in [0.1, 0.15) is 5.75 Å². The Kier molecular flexibility index (Phi) is 7.65. The molecule has 1 aliphatic carbocycles. The Hall–Kier alpha value is -4.52. The SMILES string of the molecule is COc1ccccc1NC(=O)C1=C(C)NC2=C(C(=O)C[C@@H](c3ccc(OC)c(OC)c3)C2)[C@H]1c1ccccc1C. The molecule has 0 fully saturated rings. The van der Waals surface area contributed by atoms with Gasteiger partial charge in [0.15, 0.2) is 17.3 Å². The van der Waals surface area contributed by atoms with Crippen molar-refractivity contribution in [2.75, 3.05) is 26.6 Å². The molecule has 40 heavy (non-hydrogen) atoms. The van der Waals surface area contributed by atoms with Gasteiger partial charge in [0.25, 0.3) is 5.91 Å². The number of ketones is 1. The molecule has 0 saturated heterocycles. The van der Waals surface area contributed by atoms with Crippen LogP contribution < -0.4 is 24.8 Å². The number of methoxy groups -OCH3 is 3. The summed E-state index contributed by atoms with van der Waals surface area (Å²) in [5.41, 5.74) is 6.30. The summed E-state index contributed by atoms with van der Waals surface area (Å²) in [5.74, 6) is 1.07. The van der Waals surface area contributed by atoms with Crippen molar-refractivity contribution in [3.8, 4) is 17.2 Å². The molecule has 7 heteroatoms. The quantitative estimate of drug-likeness (QED) is 0.383. The topological polar surface area (TPSA) is 85.9 Å². The van der Waals surface area contributed by atoms with E-state index in [2.05, 4.69) is 10.6 Å². The highest BCUT2D eigenvalue weighted by atomic mass is 16.5. The van der Waals surface area contributed by atoms with E-state index in [1.807, 2.05) is 68.4 Å². The predicted molar refractivity (Wildman–Crippen MR) is 155 cm³/mol. The molecule has 5 rings (SSSR count). The number of para-hydroxylation sites is 2. The molecule has 0 saturated carbocycles. The third kappa shape index (κ3) is 4.95. The van der Waals surface area contributed by atoms with Crippen LogP contribution in [0.3, 0.4) is 0 Å². The summed E-state index contributed by atoms with van der Waals surface area (Å²) < 4.78 is 16.4. The highest BCUT2D eigenvalue weighted by Crippen LogP contribution is 2.47. The van der Waals surface area contributed by atoms with Crippen LogP contribution >= 0.6 is 0 Å². The minimum Gasteiger partial charge on any atom is -0.495 e. The largest absolute Gasteiger partial charge is 0.495 e. The summed E-state index contributed by atoms with van der Waals surface area (Å²) in [6, 6.07) is 21.0. The molecule has 206 valence electrons. The smallest absolute Gasteiger partial charge is 0.254 e. The Bertz CT molecular complexity index is 1540. The number of allylic oxidation sites excluding steroid dienone is 3. The van der Waals surface area contributed by atoms with Crippen LogP contribution in [0.2, 0.25) is 0 Å². The number of carbonyl (C=O) groups excluding carboxylic acids is 2. The van der Waals surface area contributed by atoms with Crippen molar-refractivity contribution in [3.05, 3.63) is 106 Å². The maximum Gasteiger partial charge on any atom is 0.254 e. The van der Waals surface area contributed by atoms with Crippen molar-refractivity contribution in [3.63, 3.8) is 0 Å². The fourth-order valence-corrected chi connectivity index (χ4v) is 5.84. The number of carbonyl (C=O) groups is 2.